The molecule has 0 bridgehead atoms. The minimum Gasteiger partial charge on any atom is -0.130 e. The molecule has 2 aromatic rings. The zero-order valence-corrected chi connectivity index (χ0v) is 9.84. The van der Waals surface area contributed by atoms with Gasteiger partial charge in [-0.05, 0) is 42.0 Å². The largest absolute Gasteiger partial charge is 0.130 e. The summed E-state index contributed by atoms with van der Waals surface area (Å²) in [4.78, 5) is 1.32. The molecule has 0 spiro atoms. The molecule has 2 rings (SSSR count). The summed E-state index contributed by atoms with van der Waals surface area (Å²) in [5, 5.41) is 0. The highest BCUT2D eigenvalue weighted by Gasteiger charge is 2.00. The van der Waals surface area contributed by atoms with E-state index in [-0.39, 0.29) is 0 Å². The SMILES string of the molecule is CSc1cccc(-c2ccccc2C)c1. The van der Waals surface area contributed by atoms with Crippen LogP contribution in [0.3, 0.4) is 0 Å². The Morgan fingerprint density at radius 3 is 2.47 bits per heavy atom. The molecule has 0 nitrogen and oxygen atoms in total. The van der Waals surface area contributed by atoms with Gasteiger partial charge in [0.1, 0.15) is 0 Å². The third-order valence-electron chi connectivity index (χ3n) is 2.53. The molecule has 76 valence electrons. The van der Waals surface area contributed by atoms with Gasteiger partial charge in [0.2, 0.25) is 0 Å². The second-order valence-electron chi connectivity index (χ2n) is 3.55. The topological polar surface area (TPSA) is 0 Å². The molecule has 0 atom stereocenters. The Bertz CT molecular complexity index is 460. The van der Waals surface area contributed by atoms with Crippen molar-refractivity contribution in [3.63, 3.8) is 0 Å². The van der Waals surface area contributed by atoms with Gasteiger partial charge in [-0.3, -0.25) is 0 Å². The summed E-state index contributed by atoms with van der Waals surface area (Å²) in [6, 6.07) is 17.2. The minimum atomic E-state index is 1.31. The van der Waals surface area contributed by atoms with Gasteiger partial charge < -0.3 is 0 Å². The Balaban J connectivity index is 2.49. The highest BCUT2D eigenvalue weighted by Crippen LogP contribution is 2.26. The Hall–Kier alpha value is -1.21. The van der Waals surface area contributed by atoms with E-state index in [2.05, 4.69) is 61.7 Å². The van der Waals surface area contributed by atoms with Gasteiger partial charge in [0.25, 0.3) is 0 Å². The maximum absolute atomic E-state index is 2.24. The van der Waals surface area contributed by atoms with E-state index in [0.29, 0.717) is 0 Å². The van der Waals surface area contributed by atoms with E-state index < -0.39 is 0 Å². The molecular formula is C14H14S. The summed E-state index contributed by atoms with van der Waals surface area (Å²) in [5.41, 5.74) is 3.96. The zero-order valence-electron chi connectivity index (χ0n) is 9.03. The van der Waals surface area contributed by atoms with Crippen LogP contribution in [0.2, 0.25) is 0 Å². The molecule has 0 unspecified atom stereocenters. The van der Waals surface area contributed by atoms with E-state index in [1.807, 2.05) is 0 Å². The monoisotopic (exact) mass is 214 g/mol. The first-order valence-corrected chi connectivity index (χ1v) is 6.24. The summed E-state index contributed by atoms with van der Waals surface area (Å²) >= 11 is 1.78. The molecule has 0 aliphatic heterocycles. The van der Waals surface area contributed by atoms with Gasteiger partial charge in [-0.15, -0.1) is 11.8 Å². The van der Waals surface area contributed by atoms with E-state index in [4.69, 9.17) is 0 Å². The van der Waals surface area contributed by atoms with Gasteiger partial charge in [0.15, 0.2) is 0 Å². The standard InChI is InChI=1S/C14H14S/c1-11-6-3-4-9-14(11)12-7-5-8-13(10-12)15-2/h3-10H,1-2H3. The molecule has 0 aliphatic carbocycles. The second kappa shape index (κ2) is 4.54. The van der Waals surface area contributed by atoms with Crippen molar-refractivity contribution in [3.8, 4) is 11.1 Å². The van der Waals surface area contributed by atoms with Crippen LogP contribution < -0.4 is 0 Å². The predicted octanol–water partition coefficient (Wildman–Crippen LogP) is 4.38. The van der Waals surface area contributed by atoms with Crippen molar-refractivity contribution in [1.29, 1.82) is 0 Å². The zero-order chi connectivity index (χ0) is 10.7. The van der Waals surface area contributed by atoms with Crippen molar-refractivity contribution < 1.29 is 0 Å². The fourth-order valence-electron chi connectivity index (χ4n) is 1.69. The number of thioether (sulfide) groups is 1. The first-order valence-electron chi connectivity index (χ1n) is 5.01. The Kier molecular flexibility index (Phi) is 3.12. The highest BCUT2D eigenvalue weighted by molar-refractivity contribution is 7.98. The van der Waals surface area contributed by atoms with Crippen LogP contribution in [0.5, 0.6) is 0 Å². The normalized spacial score (nSPS) is 10.3. The summed E-state index contributed by atoms with van der Waals surface area (Å²) in [6.07, 6.45) is 2.11. The molecular weight excluding hydrogens is 200 g/mol. The molecule has 15 heavy (non-hydrogen) atoms. The molecule has 1 heteroatoms. The Morgan fingerprint density at radius 2 is 1.73 bits per heavy atom. The lowest BCUT2D eigenvalue weighted by Crippen LogP contribution is -1.82. The van der Waals surface area contributed by atoms with Gasteiger partial charge >= 0.3 is 0 Å². The molecule has 0 aromatic heterocycles. The predicted molar refractivity (Wildman–Crippen MR) is 68.4 cm³/mol. The molecule has 0 heterocycles. The van der Waals surface area contributed by atoms with Gasteiger partial charge in [-0.2, -0.15) is 0 Å². The summed E-state index contributed by atoms with van der Waals surface area (Å²) < 4.78 is 0. The molecule has 0 N–H and O–H groups in total. The van der Waals surface area contributed by atoms with Gasteiger partial charge in [-0.1, -0.05) is 36.4 Å². The third-order valence-corrected chi connectivity index (χ3v) is 3.25. The van der Waals surface area contributed by atoms with Crippen LogP contribution in [0, 0.1) is 6.92 Å². The molecule has 0 aliphatic rings. The number of benzene rings is 2. The van der Waals surface area contributed by atoms with Crippen molar-refractivity contribution in [2.24, 2.45) is 0 Å². The van der Waals surface area contributed by atoms with E-state index >= 15 is 0 Å². The molecule has 0 radical (unpaired) electrons. The first-order chi connectivity index (χ1) is 7.31. The molecule has 2 aromatic carbocycles. The minimum absolute atomic E-state index is 1.31. The summed E-state index contributed by atoms with van der Waals surface area (Å²) in [6.45, 7) is 2.15. The van der Waals surface area contributed by atoms with Crippen LogP contribution in [0.15, 0.2) is 53.4 Å². The highest BCUT2D eigenvalue weighted by atomic mass is 32.2. The Labute approximate surface area is 95.3 Å². The summed E-state index contributed by atoms with van der Waals surface area (Å²) in [5.74, 6) is 0. The lowest BCUT2D eigenvalue weighted by Gasteiger charge is -2.06. The maximum atomic E-state index is 2.24. The smallest absolute Gasteiger partial charge is 0.00752 e. The van der Waals surface area contributed by atoms with Crippen LogP contribution >= 0.6 is 11.8 Å². The molecule has 0 saturated carbocycles. The van der Waals surface area contributed by atoms with Crippen LogP contribution in [-0.4, -0.2) is 6.26 Å². The average molecular weight is 214 g/mol. The van der Waals surface area contributed by atoms with E-state index in [1.165, 1.54) is 21.6 Å². The van der Waals surface area contributed by atoms with Gasteiger partial charge in [-0.25, -0.2) is 0 Å². The lowest BCUT2D eigenvalue weighted by molar-refractivity contribution is 1.42. The van der Waals surface area contributed by atoms with E-state index in [1.54, 1.807) is 11.8 Å². The van der Waals surface area contributed by atoms with Crippen molar-refractivity contribution in [2.75, 3.05) is 6.26 Å². The van der Waals surface area contributed by atoms with Gasteiger partial charge in [0.05, 0.1) is 0 Å². The molecule has 0 saturated heterocycles. The number of hydrogen-bond donors (Lipinski definition) is 0. The van der Waals surface area contributed by atoms with Crippen molar-refractivity contribution >= 4 is 11.8 Å². The third kappa shape index (κ3) is 2.24. The first kappa shape index (κ1) is 10.3. The van der Waals surface area contributed by atoms with Crippen molar-refractivity contribution in [2.45, 2.75) is 11.8 Å². The average Bonchev–Trinajstić information content (AvgIpc) is 2.30. The molecule has 0 amide bonds. The van der Waals surface area contributed by atoms with E-state index in [9.17, 15) is 0 Å². The maximum Gasteiger partial charge on any atom is 0.00752 e. The summed E-state index contributed by atoms with van der Waals surface area (Å²) in [7, 11) is 0. The second-order valence-corrected chi connectivity index (χ2v) is 4.43. The fourth-order valence-corrected chi connectivity index (χ4v) is 2.15. The number of hydrogen-bond acceptors (Lipinski definition) is 1. The van der Waals surface area contributed by atoms with Crippen molar-refractivity contribution in [1.82, 2.24) is 0 Å². The number of aryl methyl sites for hydroxylation is 1. The van der Waals surface area contributed by atoms with Crippen LogP contribution in [-0.2, 0) is 0 Å². The van der Waals surface area contributed by atoms with E-state index in [0.717, 1.165) is 0 Å². The van der Waals surface area contributed by atoms with Crippen molar-refractivity contribution in [3.05, 3.63) is 54.1 Å². The number of rotatable bonds is 2. The van der Waals surface area contributed by atoms with Crippen LogP contribution in [0.25, 0.3) is 11.1 Å². The fraction of sp³-hybridized carbons (Fsp3) is 0.143. The molecule has 0 fully saturated rings. The van der Waals surface area contributed by atoms with Gasteiger partial charge in [0, 0.05) is 4.90 Å². The van der Waals surface area contributed by atoms with Crippen LogP contribution in [0.1, 0.15) is 5.56 Å². The van der Waals surface area contributed by atoms with Crippen LogP contribution in [0.4, 0.5) is 0 Å². The Morgan fingerprint density at radius 1 is 0.933 bits per heavy atom. The lowest BCUT2D eigenvalue weighted by atomic mass is 10.0. The quantitative estimate of drug-likeness (QED) is 0.668.